The van der Waals surface area contributed by atoms with E-state index in [4.69, 9.17) is 0 Å². The van der Waals surface area contributed by atoms with E-state index in [1.807, 2.05) is 35.1 Å². The molecule has 94 valence electrons. The molecule has 3 aromatic rings. The van der Waals surface area contributed by atoms with Crippen molar-refractivity contribution in [1.29, 1.82) is 0 Å². The van der Waals surface area contributed by atoms with E-state index in [1.165, 1.54) is 11.1 Å². The highest BCUT2D eigenvalue weighted by Gasteiger charge is 2.03. The number of benzene rings is 2. The Kier molecular flexibility index (Phi) is 3.22. The normalized spacial score (nSPS) is 10.6. The van der Waals surface area contributed by atoms with Crippen LogP contribution in [-0.4, -0.2) is 9.78 Å². The van der Waals surface area contributed by atoms with Crippen molar-refractivity contribution in [1.82, 2.24) is 9.78 Å². The third kappa shape index (κ3) is 2.61. The molecular formula is C16H13BrN2. The molecule has 0 saturated carbocycles. The third-order valence-corrected chi connectivity index (χ3v) is 3.55. The fraction of sp³-hybridized carbons (Fsp3) is 0.0625. The summed E-state index contributed by atoms with van der Waals surface area (Å²) in [7, 11) is 0. The van der Waals surface area contributed by atoms with Crippen LogP contribution in [-0.2, 0) is 0 Å². The van der Waals surface area contributed by atoms with Gasteiger partial charge in [-0.25, -0.2) is 4.68 Å². The van der Waals surface area contributed by atoms with Gasteiger partial charge in [-0.05, 0) is 36.8 Å². The smallest absolute Gasteiger partial charge is 0.0646 e. The molecule has 2 nitrogen and oxygen atoms in total. The van der Waals surface area contributed by atoms with Crippen LogP contribution in [0.25, 0.3) is 16.8 Å². The SMILES string of the molecule is Cc1cccc(-c2cnn(-c3ccc(Br)cc3)c2)c1. The van der Waals surface area contributed by atoms with Crippen molar-refractivity contribution in [3.05, 3.63) is 71.0 Å². The zero-order valence-corrected chi connectivity index (χ0v) is 12.1. The van der Waals surface area contributed by atoms with Gasteiger partial charge in [0.25, 0.3) is 0 Å². The summed E-state index contributed by atoms with van der Waals surface area (Å²) in [5, 5.41) is 4.42. The molecule has 1 aromatic heterocycles. The maximum Gasteiger partial charge on any atom is 0.0646 e. The van der Waals surface area contributed by atoms with Crippen LogP contribution in [0.15, 0.2) is 65.4 Å². The molecule has 0 atom stereocenters. The maximum absolute atomic E-state index is 4.42. The van der Waals surface area contributed by atoms with Crippen LogP contribution in [0, 0.1) is 6.92 Å². The fourth-order valence-corrected chi connectivity index (χ4v) is 2.30. The first-order valence-electron chi connectivity index (χ1n) is 6.10. The largest absolute Gasteiger partial charge is 0.240 e. The number of nitrogens with zero attached hydrogens (tertiary/aromatic N) is 2. The minimum Gasteiger partial charge on any atom is -0.240 e. The molecule has 0 saturated heterocycles. The Labute approximate surface area is 120 Å². The van der Waals surface area contributed by atoms with Crippen LogP contribution >= 0.6 is 15.9 Å². The average molecular weight is 313 g/mol. The van der Waals surface area contributed by atoms with Gasteiger partial charge < -0.3 is 0 Å². The second-order valence-corrected chi connectivity index (χ2v) is 5.44. The highest BCUT2D eigenvalue weighted by Crippen LogP contribution is 2.21. The van der Waals surface area contributed by atoms with Crippen LogP contribution in [0.2, 0.25) is 0 Å². The van der Waals surface area contributed by atoms with E-state index in [-0.39, 0.29) is 0 Å². The van der Waals surface area contributed by atoms with E-state index in [9.17, 15) is 0 Å². The van der Waals surface area contributed by atoms with Crippen LogP contribution in [0.3, 0.4) is 0 Å². The standard InChI is InChI=1S/C16H13BrN2/c1-12-3-2-4-13(9-12)14-10-18-19(11-14)16-7-5-15(17)6-8-16/h2-11H,1H3. The molecule has 0 spiro atoms. The summed E-state index contributed by atoms with van der Waals surface area (Å²) in [4.78, 5) is 0. The summed E-state index contributed by atoms with van der Waals surface area (Å²) in [5.41, 5.74) is 4.64. The van der Waals surface area contributed by atoms with Crippen LogP contribution in [0.5, 0.6) is 0 Å². The molecule has 0 N–H and O–H groups in total. The predicted octanol–water partition coefficient (Wildman–Crippen LogP) is 4.61. The third-order valence-electron chi connectivity index (χ3n) is 3.03. The van der Waals surface area contributed by atoms with E-state index in [0.717, 1.165) is 15.7 Å². The zero-order valence-electron chi connectivity index (χ0n) is 10.5. The Morgan fingerprint density at radius 3 is 2.53 bits per heavy atom. The molecule has 19 heavy (non-hydrogen) atoms. The molecule has 3 heteroatoms. The second-order valence-electron chi connectivity index (χ2n) is 4.52. The number of aromatic nitrogens is 2. The maximum atomic E-state index is 4.42. The van der Waals surface area contributed by atoms with Gasteiger partial charge in [0, 0.05) is 16.2 Å². The lowest BCUT2D eigenvalue weighted by Gasteiger charge is -2.01. The van der Waals surface area contributed by atoms with Gasteiger partial charge in [-0.2, -0.15) is 5.10 Å². The van der Waals surface area contributed by atoms with E-state index in [1.54, 1.807) is 0 Å². The monoisotopic (exact) mass is 312 g/mol. The van der Waals surface area contributed by atoms with E-state index in [0.29, 0.717) is 0 Å². The van der Waals surface area contributed by atoms with Gasteiger partial charge in [0.15, 0.2) is 0 Å². The van der Waals surface area contributed by atoms with Crippen molar-refractivity contribution in [3.63, 3.8) is 0 Å². The molecule has 0 fully saturated rings. The van der Waals surface area contributed by atoms with Gasteiger partial charge in [-0.15, -0.1) is 0 Å². The van der Waals surface area contributed by atoms with Crippen molar-refractivity contribution in [2.75, 3.05) is 0 Å². The Balaban J connectivity index is 1.97. The molecule has 1 heterocycles. The molecule has 0 aliphatic heterocycles. The lowest BCUT2D eigenvalue weighted by Crippen LogP contribution is -1.92. The number of halogens is 1. The summed E-state index contributed by atoms with van der Waals surface area (Å²) in [6.45, 7) is 2.10. The Bertz CT molecular complexity index is 699. The average Bonchev–Trinajstić information content (AvgIpc) is 2.89. The highest BCUT2D eigenvalue weighted by atomic mass is 79.9. The summed E-state index contributed by atoms with van der Waals surface area (Å²) in [5.74, 6) is 0. The number of hydrogen-bond donors (Lipinski definition) is 0. The molecule has 0 radical (unpaired) electrons. The molecule has 2 aromatic carbocycles. The van der Waals surface area contributed by atoms with Gasteiger partial charge in [-0.3, -0.25) is 0 Å². The first-order chi connectivity index (χ1) is 9.22. The number of rotatable bonds is 2. The van der Waals surface area contributed by atoms with Gasteiger partial charge in [-0.1, -0.05) is 45.8 Å². The minimum absolute atomic E-state index is 1.06. The van der Waals surface area contributed by atoms with E-state index in [2.05, 4.69) is 58.4 Å². The molecule has 0 aliphatic rings. The topological polar surface area (TPSA) is 17.8 Å². The van der Waals surface area contributed by atoms with Crippen molar-refractivity contribution in [3.8, 4) is 16.8 Å². The molecule has 0 bridgehead atoms. The fourth-order valence-electron chi connectivity index (χ4n) is 2.03. The predicted molar refractivity (Wildman–Crippen MR) is 81.4 cm³/mol. The molecule has 3 rings (SSSR count). The molecule has 0 amide bonds. The van der Waals surface area contributed by atoms with Crippen LogP contribution in [0.4, 0.5) is 0 Å². The van der Waals surface area contributed by atoms with E-state index >= 15 is 0 Å². The lowest BCUT2D eigenvalue weighted by atomic mass is 10.1. The highest BCUT2D eigenvalue weighted by molar-refractivity contribution is 9.10. The van der Waals surface area contributed by atoms with Crippen LogP contribution < -0.4 is 0 Å². The summed E-state index contributed by atoms with van der Waals surface area (Å²) in [6, 6.07) is 16.6. The summed E-state index contributed by atoms with van der Waals surface area (Å²) < 4.78 is 2.96. The first kappa shape index (κ1) is 12.2. The number of hydrogen-bond acceptors (Lipinski definition) is 1. The Morgan fingerprint density at radius 2 is 1.79 bits per heavy atom. The molecule has 0 aliphatic carbocycles. The zero-order chi connectivity index (χ0) is 13.2. The quantitative estimate of drug-likeness (QED) is 0.675. The van der Waals surface area contributed by atoms with Gasteiger partial charge in [0.05, 0.1) is 11.9 Å². The van der Waals surface area contributed by atoms with Crippen LogP contribution in [0.1, 0.15) is 5.56 Å². The second kappa shape index (κ2) is 5.02. The van der Waals surface area contributed by atoms with Crippen molar-refractivity contribution >= 4 is 15.9 Å². The first-order valence-corrected chi connectivity index (χ1v) is 6.89. The van der Waals surface area contributed by atoms with Gasteiger partial charge in [0.2, 0.25) is 0 Å². The summed E-state index contributed by atoms with van der Waals surface area (Å²) in [6.07, 6.45) is 3.95. The van der Waals surface area contributed by atoms with E-state index < -0.39 is 0 Å². The van der Waals surface area contributed by atoms with Crippen molar-refractivity contribution in [2.24, 2.45) is 0 Å². The summed E-state index contributed by atoms with van der Waals surface area (Å²) >= 11 is 3.44. The van der Waals surface area contributed by atoms with Crippen molar-refractivity contribution < 1.29 is 0 Å². The van der Waals surface area contributed by atoms with Gasteiger partial charge in [0.1, 0.15) is 0 Å². The Morgan fingerprint density at radius 1 is 1.00 bits per heavy atom. The Hall–Kier alpha value is -1.87. The minimum atomic E-state index is 1.06. The van der Waals surface area contributed by atoms with Gasteiger partial charge >= 0.3 is 0 Å². The van der Waals surface area contributed by atoms with Crippen molar-refractivity contribution in [2.45, 2.75) is 6.92 Å². The number of aryl methyl sites for hydroxylation is 1. The lowest BCUT2D eigenvalue weighted by molar-refractivity contribution is 0.880. The molecule has 0 unspecified atom stereocenters. The molecular weight excluding hydrogens is 300 g/mol.